The smallest absolute Gasteiger partial charge is 0.387 e. The number of aromatic nitrogens is 6. The highest BCUT2D eigenvalue weighted by Gasteiger charge is 2.50. The Morgan fingerprint density at radius 3 is 2.26 bits per heavy atom. The molecule has 1 amide bonds. The lowest BCUT2D eigenvalue weighted by Gasteiger charge is -2.20. The predicted octanol–water partition coefficient (Wildman–Crippen LogP) is -1.83. The van der Waals surface area contributed by atoms with E-state index < -0.39 is 89.6 Å². The number of aryl methyl sites for hydroxylation is 1. The van der Waals surface area contributed by atoms with Gasteiger partial charge in [-0.05, 0) is 18.6 Å². The van der Waals surface area contributed by atoms with Crippen LogP contribution in [0, 0.1) is 0 Å². The maximum absolute atomic E-state index is 13.2. The van der Waals surface area contributed by atoms with Crippen molar-refractivity contribution in [3.8, 4) is 0 Å². The number of aliphatic hydroxyl groups excluding tert-OH is 4. The van der Waals surface area contributed by atoms with Crippen LogP contribution in [0.15, 0.2) is 49.4 Å². The van der Waals surface area contributed by atoms with E-state index in [1.54, 1.807) is 6.07 Å². The van der Waals surface area contributed by atoms with E-state index in [9.17, 15) is 48.9 Å². The Bertz CT molecular complexity index is 2160. The molecule has 25 heteroatoms. The zero-order chi connectivity index (χ0) is 39.1. The van der Waals surface area contributed by atoms with E-state index >= 15 is 0 Å². The summed E-state index contributed by atoms with van der Waals surface area (Å²) in [4.78, 5) is 61.9. The highest BCUT2D eigenvalue weighted by atomic mass is 31.3. The molecule has 2 aliphatic heterocycles. The molecule has 0 bridgehead atoms. The van der Waals surface area contributed by atoms with E-state index in [0.29, 0.717) is 12.1 Å². The van der Waals surface area contributed by atoms with Crippen molar-refractivity contribution >= 4 is 44.3 Å². The number of phosphoric acid groups is 2. The highest BCUT2D eigenvalue weighted by molar-refractivity contribution is 7.61. The van der Waals surface area contributed by atoms with E-state index in [1.807, 2.05) is 6.92 Å². The van der Waals surface area contributed by atoms with Crippen molar-refractivity contribution in [1.82, 2.24) is 24.5 Å². The van der Waals surface area contributed by atoms with Crippen LogP contribution in [0.4, 0.5) is 5.82 Å². The lowest BCUT2D eigenvalue weighted by Crippen LogP contribution is -2.47. The van der Waals surface area contributed by atoms with E-state index in [2.05, 4.69) is 24.2 Å². The second kappa shape index (κ2) is 15.5. The van der Waals surface area contributed by atoms with Crippen molar-refractivity contribution in [3.63, 3.8) is 0 Å². The molecule has 0 radical (unpaired) electrons. The van der Waals surface area contributed by atoms with Gasteiger partial charge in [0, 0.05) is 29.1 Å². The average molecular weight is 798 g/mol. The number of ketones is 1. The van der Waals surface area contributed by atoms with Crippen molar-refractivity contribution in [3.05, 3.63) is 71.8 Å². The number of nitrogens with zero attached hydrogens (tertiary/aromatic N) is 6. The molecule has 2 fully saturated rings. The van der Waals surface area contributed by atoms with E-state index in [-0.39, 0.29) is 33.7 Å². The van der Waals surface area contributed by atoms with Gasteiger partial charge >= 0.3 is 15.6 Å². The number of imidazole rings is 1. The number of rotatable bonds is 14. The van der Waals surface area contributed by atoms with Gasteiger partial charge in [-0.3, -0.25) is 28.2 Å². The fourth-order valence-electron chi connectivity index (χ4n) is 5.81. The van der Waals surface area contributed by atoms with Crippen LogP contribution in [-0.2, 0) is 38.4 Å². The first-order chi connectivity index (χ1) is 25.5. The summed E-state index contributed by atoms with van der Waals surface area (Å²) in [5.74, 6) is -1.48. The Morgan fingerprint density at radius 1 is 0.926 bits per heavy atom. The molecule has 10 N–H and O–H groups in total. The molecular weight excluding hydrogens is 762 g/mol. The van der Waals surface area contributed by atoms with Gasteiger partial charge in [0.1, 0.15) is 47.9 Å². The van der Waals surface area contributed by atoms with Gasteiger partial charge in [0.25, 0.3) is 12.1 Å². The third-order valence-corrected chi connectivity index (χ3v) is 11.2. The summed E-state index contributed by atoms with van der Waals surface area (Å²) in [6, 6.07) is 4.30. The van der Waals surface area contributed by atoms with Crippen LogP contribution in [-0.4, -0.2) is 116 Å². The lowest BCUT2D eigenvalue weighted by molar-refractivity contribution is -0.765. The maximum Gasteiger partial charge on any atom is 0.481 e. The molecule has 23 nitrogen and oxygen atoms in total. The van der Waals surface area contributed by atoms with Crippen LogP contribution >= 0.6 is 15.6 Å². The van der Waals surface area contributed by atoms with Gasteiger partial charge in [-0.1, -0.05) is 6.92 Å². The molecule has 2 aliphatic rings. The monoisotopic (exact) mass is 797 g/mol. The van der Waals surface area contributed by atoms with Crippen molar-refractivity contribution in [2.75, 3.05) is 18.9 Å². The van der Waals surface area contributed by atoms with Crippen LogP contribution in [0.3, 0.4) is 0 Å². The second-order valence-electron chi connectivity index (χ2n) is 12.1. The number of carbonyl (C=O) groups is 2. The molecular formula is C29H35N8O15P2+. The second-order valence-corrected chi connectivity index (χ2v) is 15.1. The standard InChI is InChI=1S/C29H34N8O15P2/c1-2-14-7-13(3-5-32-14)20(38)15-4-6-36(8-16(15)26(31)43)28-23(41)21(39)17(50-28)9-48-53(44,45)52-54(46,47)49-10-18-22(40)24(42)29(51-18)37-12-35-19-25(30)33-11-34-27(19)37/h3-8,11-12,17-18,21-24,28-29,39-42H,2,9-10H2,1H3,(H5-,30,31,33,34,43,44,45,46,47)/p+1/t17-,18-,21-,22-,23-,24-,28-,29-/m1/s1. The number of nitrogen functional groups attached to an aromatic ring is 1. The summed E-state index contributed by atoms with van der Waals surface area (Å²) in [6.45, 7) is -0.0532. The largest absolute Gasteiger partial charge is 0.481 e. The van der Waals surface area contributed by atoms with E-state index in [4.69, 9.17) is 30.0 Å². The number of pyridine rings is 2. The number of amides is 1. The third kappa shape index (κ3) is 8.09. The molecule has 4 aromatic rings. The number of primary amides is 1. The molecule has 0 saturated carbocycles. The first-order valence-corrected chi connectivity index (χ1v) is 19.0. The zero-order valence-electron chi connectivity index (χ0n) is 27.9. The van der Waals surface area contributed by atoms with Crippen molar-refractivity contribution in [2.45, 2.75) is 62.4 Å². The molecule has 54 heavy (non-hydrogen) atoms. The Kier molecular flexibility index (Phi) is 11.3. The maximum atomic E-state index is 13.2. The number of fused-ring (bicyclic) bond motifs is 1. The average Bonchev–Trinajstić information content (AvgIpc) is 3.78. The topological polar surface area (TPSA) is 348 Å². The number of anilines is 1. The first kappa shape index (κ1) is 39.5. The highest BCUT2D eigenvalue weighted by Crippen LogP contribution is 2.60. The molecule has 6 rings (SSSR count). The molecule has 4 aromatic heterocycles. The predicted molar refractivity (Wildman–Crippen MR) is 176 cm³/mol. The summed E-state index contributed by atoms with van der Waals surface area (Å²) >= 11 is 0. The quantitative estimate of drug-likeness (QED) is 0.0395. The SMILES string of the molecule is CCc1cc(C(=O)c2cc[n+]([C@@H]3O[C@H](COP(=O)(O)OP(=O)(O)OC[C@H]4O[C@@H](n5cnc6c(N)ncnc65)[C@H](O)[C@@H]4O)[C@@H](O)[C@H]3O)cc2C(N)=O)ccn1. The van der Waals surface area contributed by atoms with Gasteiger partial charge in [0.2, 0.25) is 0 Å². The number of hydrogen-bond acceptors (Lipinski definition) is 18. The summed E-state index contributed by atoms with van der Waals surface area (Å²) in [7, 11) is -10.9. The van der Waals surface area contributed by atoms with Crippen LogP contribution in [0.25, 0.3) is 11.2 Å². The van der Waals surface area contributed by atoms with Crippen molar-refractivity contribution in [2.24, 2.45) is 5.73 Å². The summed E-state index contributed by atoms with van der Waals surface area (Å²) in [5.41, 5.74) is 12.2. The minimum absolute atomic E-state index is 0.0373. The molecule has 2 unspecified atom stereocenters. The Balaban J connectivity index is 1.06. The van der Waals surface area contributed by atoms with E-state index in [1.165, 1.54) is 35.4 Å². The lowest BCUT2D eigenvalue weighted by atomic mass is 9.99. The first-order valence-electron chi connectivity index (χ1n) is 16.0. The Morgan fingerprint density at radius 2 is 1.59 bits per heavy atom. The number of phosphoric ester groups is 2. The Hall–Kier alpha value is -4.19. The van der Waals surface area contributed by atoms with Gasteiger partial charge < -0.3 is 51.2 Å². The van der Waals surface area contributed by atoms with Crippen LogP contribution in [0.2, 0.25) is 0 Å². The number of hydrogen-bond donors (Lipinski definition) is 8. The van der Waals surface area contributed by atoms with Gasteiger partial charge in [-0.25, -0.2) is 24.1 Å². The molecule has 0 aliphatic carbocycles. The molecule has 10 atom stereocenters. The number of ether oxygens (including phenoxy) is 2. The van der Waals surface area contributed by atoms with Gasteiger partial charge in [-0.2, -0.15) is 8.88 Å². The fourth-order valence-corrected chi connectivity index (χ4v) is 7.90. The van der Waals surface area contributed by atoms with Crippen molar-refractivity contribution < 1.29 is 76.3 Å². The third-order valence-electron chi connectivity index (χ3n) is 8.57. The molecule has 0 spiro atoms. The summed E-state index contributed by atoms with van der Waals surface area (Å²) in [6.07, 6.45) is -5.77. The number of nitrogens with two attached hydrogens (primary N) is 2. The normalized spacial score (nSPS) is 27.8. The summed E-state index contributed by atoms with van der Waals surface area (Å²) < 4.78 is 52.6. The minimum atomic E-state index is -5.46. The van der Waals surface area contributed by atoms with E-state index in [0.717, 1.165) is 17.1 Å². The summed E-state index contributed by atoms with van der Waals surface area (Å²) in [5, 5.41) is 42.4. The van der Waals surface area contributed by atoms with Crippen LogP contribution in [0.5, 0.6) is 0 Å². The number of aliphatic hydroxyl groups is 4. The van der Waals surface area contributed by atoms with Crippen LogP contribution in [0.1, 0.15) is 51.4 Å². The van der Waals surface area contributed by atoms with Crippen molar-refractivity contribution in [1.29, 1.82) is 0 Å². The molecule has 6 heterocycles. The molecule has 2 saturated heterocycles. The van der Waals surface area contributed by atoms with Gasteiger partial charge in [-0.15, -0.1) is 0 Å². The zero-order valence-corrected chi connectivity index (χ0v) is 29.7. The minimum Gasteiger partial charge on any atom is -0.387 e. The van der Waals surface area contributed by atoms with Gasteiger partial charge in [0.15, 0.2) is 42.0 Å². The van der Waals surface area contributed by atoms with Crippen LogP contribution < -0.4 is 16.0 Å². The molecule has 0 aromatic carbocycles. The molecule has 290 valence electrons. The van der Waals surface area contributed by atoms with Gasteiger partial charge in [0.05, 0.1) is 19.5 Å². The Labute approximate surface area is 303 Å². The number of carbonyl (C=O) groups excluding carboxylic acids is 2. The fraction of sp³-hybridized carbons (Fsp3) is 0.414.